The Bertz CT molecular complexity index is 891. The summed E-state index contributed by atoms with van der Waals surface area (Å²) in [5, 5.41) is 0. The maximum atomic E-state index is 12.0. The SMILES string of the molecule is CCCCC/C=C\CC1C(CCCCCC)C=CC(CCCCCCCC(=O)OCC2CO2)C1CCCCCCCC(=O)OCC1CO1. The number of rotatable bonds is 31. The van der Waals surface area contributed by atoms with Crippen LogP contribution < -0.4 is 0 Å². The van der Waals surface area contributed by atoms with Gasteiger partial charge in [0, 0.05) is 12.8 Å². The average Bonchev–Trinajstić information content (AvgIpc) is 4.02. The number of allylic oxidation sites excluding steroid dienone is 4. The molecule has 6 nitrogen and oxygen atoms in total. The molecule has 48 heavy (non-hydrogen) atoms. The second kappa shape index (κ2) is 26.2. The van der Waals surface area contributed by atoms with Crippen molar-refractivity contribution in [2.24, 2.45) is 23.7 Å². The topological polar surface area (TPSA) is 77.7 Å². The highest BCUT2D eigenvalue weighted by molar-refractivity contribution is 5.69. The van der Waals surface area contributed by atoms with Crippen molar-refractivity contribution in [1.82, 2.24) is 0 Å². The molecule has 0 spiro atoms. The molecule has 3 rings (SSSR count). The van der Waals surface area contributed by atoms with Gasteiger partial charge in [-0.2, -0.15) is 0 Å². The van der Waals surface area contributed by atoms with E-state index in [-0.39, 0.29) is 24.1 Å². The highest BCUT2D eigenvalue weighted by Gasteiger charge is 2.34. The summed E-state index contributed by atoms with van der Waals surface area (Å²) in [4.78, 5) is 23.9. The van der Waals surface area contributed by atoms with E-state index in [1.165, 1.54) is 116 Å². The monoisotopic (exact) mass is 673 g/mol. The summed E-state index contributed by atoms with van der Waals surface area (Å²) in [5.41, 5.74) is 0. The van der Waals surface area contributed by atoms with E-state index in [1.807, 2.05) is 0 Å². The molecule has 0 aromatic rings. The van der Waals surface area contributed by atoms with E-state index in [1.54, 1.807) is 0 Å². The van der Waals surface area contributed by atoms with Crippen molar-refractivity contribution in [2.45, 2.75) is 180 Å². The van der Waals surface area contributed by atoms with Gasteiger partial charge >= 0.3 is 11.9 Å². The molecule has 3 aliphatic rings. The molecule has 2 heterocycles. The molecular weight excluding hydrogens is 600 g/mol. The van der Waals surface area contributed by atoms with E-state index in [2.05, 4.69) is 38.2 Å². The van der Waals surface area contributed by atoms with E-state index in [9.17, 15) is 9.59 Å². The van der Waals surface area contributed by atoms with E-state index in [0.29, 0.717) is 37.9 Å². The minimum absolute atomic E-state index is 0.0696. The Morgan fingerprint density at radius 1 is 0.583 bits per heavy atom. The van der Waals surface area contributed by atoms with Gasteiger partial charge in [-0.3, -0.25) is 9.59 Å². The van der Waals surface area contributed by atoms with Crippen LogP contribution in [-0.4, -0.2) is 50.6 Å². The first kappa shape index (κ1) is 40.8. The van der Waals surface area contributed by atoms with Gasteiger partial charge in [-0.25, -0.2) is 0 Å². The van der Waals surface area contributed by atoms with Crippen LogP contribution >= 0.6 is 0 Å². The first-order valence-electron chi connectivity index (χ1n) is 20.5. The molecule has 0 aromatic heterocycles. The van der Waals surface area contributed by atoms with Crippen LogP contribution in [0.25, 0.3) is 0 Å². The fourth-order valence-corrected chi connectivity index (χ4v) is 7.50. The third-order valence-corrected chi connectivity index (χ3v) is 10.7. The minimum Gasteiger partial charge on any atom is -0.463 e. The molecule has 6 atom stereocenters. The van der Waals surface area contributed by atoms with Crippen molar-refractivity contribution >= 4 is 11.9 Å². The van der Waals surface area contributed by atoms with Crippen molar-refractivity contribution in [1.29, 1.82) is 0 Å². The van der Waals surface area contributed by atoms with Gasteiger partial charge in [0.15, 0.2) is 0 Å². The fraction of sp³-hybridized carbons (Fsp3) is 0.857. The smallest absolute Gasteiger partial charge is 0.305 e. The summed E-state index contributed by atoms with van der Waals surface area (Å²) < 4.78 is 20.8. The zero-order chi connectivity index (χ0) is 34.1. The van der Waals surface area contributed by atoms with E-state index >= 15 is 0 Å². The molecule has 0 saturated carbocycles. The molecule has 0 radical (unpaired) electrons. The van der Waals surface area contributed by atoms with Crippen molar-refractivity contribution < 1.29 is 28.5 Å². The van der Waals surface area contributed by atoms with Crippen LogP contribution in [-0.2, 0) is 28.5 Å². The lowest BCUT2D eigenvalue weighted by Gasteiger charge is -2.40. The van der Waals surface area contributed by atoms with E-state index < -0.39 is 0 Å². The molecule has 2 saturated heterocycles. The van der Waals surface area contributed by atoms with Crippen LogP contribution in [0.2, 0.25) is 0 Å². The number of epoxide rings is 2. The molecular formula is C42H72O6. The van der Waals surface area contributed by atoms with Crippen molar-refractivity contribution in [3.63, 3.8) is 0 Å². The van der Waals surface area contributed by atoms with Crippen LogP contribution in [0.4, 0.5) is 0 Å². The van der Waals surface area contributed by atoms with Crippen LogP contribution in [0.5, 0.6) is 0 Å². The minimum atomic E-state index is -0.0719. The highest BCUT2D eigenvalue weighted by atomic mass is 16.6. The van der Waals surface area contributed by atoms with Crippen molar-refractivity contribution in [3.8, 4) is 0 Å². The highest BCUT2D eigenvalue weighted by Crippen LogP contribution is 2.44. The summed E-state index contributed by atoms with van der Waals surface area (Å²) >= 11 is 0. The molecule has 0 bridgehead atoms. The molecule has 6 heteroatoms. The lowest BCUT2D eigenvalue weighted by Crippen LogP contribution is -2.31. The number of hydrogen-bond acceptors (Lipinski definition) is 6. The predicted octanol–water partition coefficient (Wildman–Crippen LogP) is 10.9. The third kappa shape index (κ3) is 19.5. The van der Waals surface area contributed by atoms with Crippen LogP contribution in [0, 0.1) is 23.7 Å². The van der Waals surface area contributed by atoms with Gasteiger partial charge < -0.3 is 18.9 Å². The number of ether oxygens (including phenoxy) is 4. The number of unbranched alkanes of at least 4 members (excludes halogenated alkanes) is 14. The number of hydrogen-bond donors (Lipinski definition) is 0. The first-order valence-corrected chi connectivity index (χ1v) is 20.5. The Morgan fingerprint density at radius 2 is 1.04 bits per heavy atom. The van der Waals surface area contributed by atoms with Gasteiger partial charge in [0.25, 0.3) is 0 Å². The van der Waals surface area contributed by atoms with Gasteiger partial charge in [-0.05, 0) is 75.0 Å². The second-order valence-corrected chi connectivity index (χ2v) is 15.0. The van der Waals surface area contributed by atoms with Gasteiger partial charge in [-0.15, -0.1) is 0 Å². The summed E-state index contributed by atoms with van der Waals surface area (Å²) in [6.45, 7) is 6.92. The third-order valence-electron chi connectivity index (χ3n) is 10.7. The van der Waals surface area contributed by atoms with E-state index in [0.717, 1.165) is 50.7 Å². The molecule has 0 aromatic carbocycles. The lowest BCUT2D eigenvalue weighted by atomic mass is 9.65. The Kier molecular flexibility index (Phi) is 22.2. The normalized spacial score (nSPS) is 24.6. The first-order chi connectivity index (χ1) is 23.6. The van der Waals surface area contributed by atoms with E-state index in [4.69, 9.17) is 18.9 Å². The maximum absolute atomic E-state index is 12.0. The Labute approximate surface area is 294 Å². The van der Waals surface area contributed by atoms with Gasteiger partial charge in [0.2, 0.25) is 0 Å². The van der Waals surface area contributed by atoms with Gasteiger partial charge in [-0.1, -0.05) is 128 Å². The summed E-state index contributed by atoms with van der Waals surface area (Å²) in [6.07, 6.45) is 38.9. The molecule has 0 amide bonds. The predicted molar refractivity (Wildman–Crippen MR) is 196 cm³/mol. The Hall–Kier alpha value is -1.66. The Morgan fingerprint density at radius 3 is 1.58 bits per heavy atom. The molecule has 6 unspecified atom stereocenters. The van der Waals surface area contributed by atoms with Crippen LogP contribution in [0.1, 0.15) is 168 Å². The van der Waals surface area contributed by atoms with Crippen LogP contribution in [0.3, 0.4) is 0 Å². The zero-order valence-corrected chi connectivity index (χ0v) is 31.0. The van der Waals surface area contributed by atoms with Crippen molar-refractivity contribution in [3.05, 3.63) is 24.3 Å². The quantitative estimate of drug-likeness (QED) is 0.0316. The number of carbonyl (C=O) groups excluding carboxylic acids is 2. The van der Waals surface area contributed by atoms with Crippen LogP contribution in [0.15, 0.2) is 24.3 Å². The molecule has 276 valence electrons. The summed E-state index contributed by atoms with van der Waals surface area (Å²) in [6, 6.07) is 0. The molecule has 2 fully saturated rings. The fourth-order valence-electron chi connectivity index (χ4n) is 7.50. The van der Waals surface area contributed by atoms with Gasteiger partial charge in [0.1, 0.15) is 25.4 Å². The largest absolute Gasteiger partial charge is 0.463 e. The lowest BCUT2D eigenvalue weighted by molar-refractivity contribution is -0.145. The Balaban J connectivity index is 1.45. The number of esters is 2. The zero-order valence-electron chi connectivity index (χ0n) is 31.0. The maximum Gasteiger partial charge on any atom is 0.305 e. The number of carbonyl (C=O) groups is 2. The molecule has 0 N–H and O–H groups in total. The standard InChI is InChI=1S/C42H72O6/c1-3-5-7-9-13-19-25-39-35(23-17-8-6-4-2)29-30-36(24-18-12-10-15-21-27-41(43)47-33-37-31-45-37)40(39)26-20-14-11-16-22-28-42(44)48-34-38-32-46-38/h13,19,29-30,35-40H,3-12,14-18,20-28,31-34H2,1-2H3/b19-13-. The summed E-state index contributed by atoms with van der Waals surface area (Å²) in [7, 11) is 0. The van der Waals surface area contributed by atoms with Gasteiger partial charge in [0.05, 0.1) is 13.2 Å². The molecule has 1 aliphatic carbocycles. The van der Waals surface area contributed by atoms with Crippen molar-refractivity contribution in [2.75, 3.05) is 26.4 Å². The summed E-state index contributed by atoms with van der Waals surface area (Å²) in [5.74, 6) is 2.76. The molecule has 2 aliphatic heterocycles. The average molecular weight is 673 g/mol. The second-order valence-electron chi connectivity index (χ2n) is 15.0.